The predicted molar refractivity (Wildman–Crippen MR) is 71.3 cm³/mol. The summed E-state index contributed by atoms with van der Waals surface area (Å²) in [4.78, 5) is 0. The van der Waals surface area contributed by atoms with E-state index in [4.69, 9.17) is 5.84 Å². The second kappa shape index (κ2) is 7.48. The van der Waals surface area contributed by atoms with Gasteiger partial charge in [-0.2, -0.15) is 13.2 Å². The molecule has 0 aromatic carbocycles. The van der Waals surface area contributed by atoms with Crippen LogP contribution in [0.15, 0.2) is 0 Å². The smallest absolute Gasteiger partial charge is 0.271 e. The molecular formula is C14H27F3N2. The first-order chi connectivity index (χ1) is 8.86. The molecule has 0 spiro atoms. The van der Waals surface area contributed by atoms with Crippen molar-refractivity contribution in [1.29, 1.82) is 0 Å². The summed E-state index contributed by atoms with van der Waals surface area (Å²) in [5.74, 6) is 4.56. The number of nitrogens with one attached hydrogen (secondary N) is 1. The lowest BCUT2D eigenvalue weighted by molar-refractivity contribution is -0.199. The molecule has 0 aliphatic heterocycles. The maximum absolute atomic E-state index is 13.1. The molecule has 0 bridgehead atoms. The minimum atomic E-state index is -4.09. The third-order valence-corrected chi connectivity index (χ3v) is 4.27. The Morgan fingerprint density at radius 2 is 1.79 bits per heavy atom. The van der Waals surface area contributed by atoms with Gasteiger partial charge in [-0.1, -0.05) is 39.5 Å². The zero-order valence-corrected chi connectivity index (χ0v) is 12.0. The number of hydrazine groups is 1. The summed E-state index contributed by atoms with van der Waals surface area (Å²) in [5, 5.41) is 0. The van der Waals surface area contributed by atoms with E-state index in [9.17, 15) is 13.2 Å². The summed E-state index contributed by atoms with van der Waals surface area (Å²) in [5.41, 5.74) is 2.65. The minimum Gasteiger partial charge on any atom is -0.271 e. The van der Waals surface area contributed by atoms with E-state index in [2.05, 4.69) is 19.3 Å². The molecule has 19 heavy (non-hydrogen) atoms. The van der Waals surface area contributed by atoms with Crippen LogP contribution in [0.1, 0.15) is 58.8 Å². The molecule has 0 aromatic heterocycles. The first kappa shape index (κ1) is 16.8. The Morgan fingerprint density at radius 1 is 1.16 bits per heavy atom. The topological polar surface area (TPSA) is 38.0 Å². The van der Waals surface area contributed by atoms with Crippen LogP contribution >= 0.6 is 0 Å². The Balaban J connectivity index is 2.60. The Morgan fingerprint density at radius 3 is 2.32 bits per heavy atom. The summed E-state index contributed by atoms with van der Waals surface area (Å²) in [6.45, 7) is 4.26. The van der Waals surface area contributed by atoms with Gasteiger partial charge < -0.3 is 0 Å². The van der Waals surface area contributed by atoms with E-state index >= 15 is 0 Å². The Labute approximate surface area is 114 Å². The number of rotatable bonds is 6. The van der Waals surface area contributed by atoms with Crippen molar-refractivity contribution >= 4 is 0 Å². The molecule has 0 amide bonds. The normalized spacial score (nSPS) is 26.7. The summed E-state index contributed by atoms with van der Waals surface area (Å²) in [6.07, 6.45) is 1.11. The molecule has 1 rings (SSSR count). The van der Waals surface area contributed by atoms with Crippen LogP contribution < -0.4 is 11.3 Å². The monoisotopic (exact) mass is 280 g/mol. The first-order valence-corrected chi connectivity index (χ1v) is 7.39. The average molecular weight is 280 g/mol. The molecular weight excluding hydrogens is 253 g/mol. The van der Waals surface area contributed by atoms with Gasteiger partial charge in [0.1, 0.15) is 0 Å². The van der Waals surface area contributed by atoms with Crippen LogP contribution in [0.5, 0.6) is 0 Å². The second-order valence-electron chi connectivity index (χ2n) is 6.19. The van der Waals surface area contributed by atoms with Crippen molar-refractivity contribution in [2.24, 2.45) is 23.6 Å². The highest BCUT2D eigenvalue weighted by Gasteiger charge is 2.47. The van der Waals surface area contributed by atoms with E-state index < -0.39 is 12.1 Å². The van der Waals surface area contributed by atoms with Crippen LogP contribution in [0.3, 0.4) is 0 Å². The van der Waals surface area contributed by atoms with Crippen molar-refractivity contribution in [2.45, 2.75) is 71.0 Å². The lowest BCUT2D eigenvalue weighted by atomic mass is 9.73. The fourth-order valence-corrected chi connectivity index (χ4v) is 3.21. The molecule has 114 valence electrons. The molecule has 0 saturated heterocycles. The van der Waals surface area contributed by atoms with Crippen molar-refractivity contribution in [1.82, 2.24) is 5.43 Å². The predicted octanol–water partition coefficient (Wildman–Crippen LogP) is 4.01. The summed E-state index contributed by atoms with van der Waals surface area (Å²) >= 11 is 0. The SMILES string of the molecule is CC(C)CCCC(NN)C1CCCCC1C(F)(F)F. The van der Waals surface area contributed by atoms with Gasteiger partial charge in [0.2, 0.25) is 0 Å². The van der Waals surface area contributed by atoms with Crippen LogP contribution in [0, 0.1) is 17.8 Å². The highest BCUT2D eigenvalue weighted by atomic mass is 19.4. The number of hydrogen-bond acceptors (Lipinski definition) is 2. The van der Waals surface area contributed by atoms with Crippen molar-refractivity contribution in [3.63, 3.8) is 0 Å². The average Bonchev–Trinajstić information content (AvgIpc) is 2.33. The zero-order valence-electron chi connectivity index (χ0n) is 12.0. The molecule has 3 atom stereocenters. The number of halogens is 3. The maximum Gasteiger partial charge on any atom is 0.392 e. The maximum atomic E-state index is 13.1. The van der Waals surface area contributed by atoms with Gasteiger partial charge in [-0.3, -0.25) is 11.3 Å². The largest absolute Gasteiger partial charge is 0.392 e. The molecule has 1 aliphatic rings. The third-order valence-electron chi connectivity index (χ3n) is 4.27. The standard InChI is InChI=1S/C14H27F3N2/c1-10(2)6-5-9-13(19-18)11-7-3-4-8-12(11)14(15,16)17/h10-13,19H,3-9,18H2,1-2H3. The van der Waals surface area contributed by atoms with Gasteiger partial charge in [-0.25, -0.2) is 0 Å². The molecule has 1 saturated carbocycles. The van der Waals surface area contributed by atoms with Gasteiger partial charge in [0.05, 0.1) is 5.92 Å². The Hall–Kier alpha value is -0.290. The fraction of sp³-hybridized carbons (Fsp3) is 1.00. The van der Waals surface area contributed by atoms with Crippen LogP contribution in [0.4, 0.5) is 13.2 Å². The van der Waals surface area contributed by atoms with E-state index in [0.717, 1.165) is 25.7 Å². The highest BCUT2D eigenvalue weighted by molar-refractivity contribution is 4.87. The van der Waals surface area contributed by atoms with Gasteiger partial charge in [0.15, 0.2) is 0 Å². The lowest BCUT2D eigenvalue weighted by Gasteiger charge is -2.38. The zero-order chi connectivity index (χ0) is 14.5. The van der Waals surface area contributed by atoms with E-state index in [-0.39, 0.29) is 18.4 Å². The van der Waals surface area contributed by atoms with Crippen molar-refractivity contribution in [3.05, 3.63) is 0 Å². The van der Waals surface area contributed by atoms with E-state index in [1.807, 2.05) is 0 Å². The number of alkyl halides is 3. The molecule has 0 aromatic rings. The quantitative estimate of drug-likeness (QED) is 0.570. The number of nitrogens with two attached hydrogens (primary N) is 1. The van der Waals surface area contributed by atoms with Gasteiger partial charge in [-0.15, -0.1) is 0 Å². The Kier molecular flexibility index (Phi) is 6.60. The van der Waals surface area contributed by atoms with E-state index in [1.54, 1.807) is 0 Å². The summed E-state index contributed by atoms with van der Waals surface area (Å²) < 4.78 is 39.2. The Bertz CT molecular complexity index is 254. The highest BCUT2D eigenvalue weighted by Crippen LogP contribution is 2.43. The van der Waals surface area contributed by atoms with Gasteiger partial charge in [0, 0.05) is 6.04 Å². The molecule has 1 aliphatic carbocycles. The van der Waals surface area contributed by atoms with E-state index in [1.165, 1.54) is 0 Å². The van der Waals surface area contributed by atoms with Crippen LogP contribution in [-0.2, 0) is 0 Å². The van der Waals surface area contributed by atoms with E-state index in [0.29, 0.717) is 18.8 Å². The first-order valence-electron chi connectivity index (χ1n) is 7.39. The van der Waals surface area contributed by atoms with Crippen molar-refractivity contribution in [2.75, 3.05) is 0 Å². The molecule has 5 heteroatoms. The fourth-order valence-electron chi connectivity index (χ4n) is 3.21. The molecule has 2 nitrogen and oxygen atoms in total. The van der Waals surface area contributed by atoms with Gasteiger partial charge in [0.25, 0.3) is 0 Å². The molecule has 0 heterocycles. The van der Waals surface area contributed by atoms with Crippen LogP contribution in [0.25, 0.3) is 0 Å². The van der Waals surface area contributed by atoms with Gasteiger partial charge in [-0.05, 0) is 31.1 Å². The molecule has 3 unspecified atom stereocenters. The van der Waals surface area contributed by atoms with Crippen molar-refractivity contribution < 1.29 is 13.2 Å². The van der Waals surface area contributed by atoms with Gasteiger partial charge >= 0.3 is 6.18 Å². The molecule has 0 radical (unpaired) electrons. The third kappa shape index (κ3) is 5.30. The summed E-state index contributed by atoms with van der Waals surface area (Å²) in [7, 11) is 0. The summed E-state index contributed by atoms with van der Waals surface area (Å²) in [6, 6.07) is -0.203. The van der Waals surface area contributed by atoms with Crippen LogP contribution in [-0.4, -0.2) is 12.2 Å². The molecule has 3 N–H and O–H groups in total. The van der Waals surface area contributed by atoms with Crippen molar-refractivity contribution in [3.8, 4) is 0 Å². The second-order valence-corrected chi connectivity index (χ2v) is 6.19. The number of hydrogen-bond donors (Lipinski definition) is 2. The van der Waals surface area contributed by atoms with Crippen LogP contribution in [0.2, 0.25) is 0 Å². The lowest BCUT2D eigenvalue weighted by Crippen LogP contribution is -2.48. The molecule has 1 fully saturated rings. The minimum absolute atomic E-state index is 0.203.